The van der Waals surface area contributed by atoms with Crippen LogP contribution in [0.1, 0.15) is 32.8 Å². The number of amides is 1. The van der Waals surface area contributed by atoms with Crippen molar-refractivity contribution in [2.45, 2.75) is 39.7 Å². The second-order valence-corrected chi connectivity index (χ2v) is 6.00. The van der Waals surface area contributed by atoms with Gasteiger partial charge in [-0.05, 0) is 17.0 Å². The van der Waals surface area contributed by atoms with Gasteiger partial charge < -0.3 is 10.4 Å². The number of hydrogen-bond donors (Lipinski definition) is 2. The topological polar surface area (TPSA) is 66.4 Å². The third-order valence-electron chi connectivity index (χ3n) is 3.13. The molecule has 0 aliphatic rings. The highest BCUT2D eigenvalue weighted by atomic mass is 19.1. The second-order valence-electron chi connectivity index (χ2n) is 6.00. The van der Waals surface area contributed by atoms with Gasteiger partial charge in [-0.25, -0.2) is 8.78 Å². The van der Waals surface area contributed by atoms with Crippen LogP contribution in [0, 0.1) is 17.0 Å². The van der Waals surface area contributed by atoms with Crippen molar-refractivity contribution in [2.24, 2.45) is 5.41 Å². The van der Waals surface area contributed by atoms with Crippen molar-refractivity contribution in [3.05, 3.63) is 35.4 Å². The van der Waals surface area contributed by atoms with Gasteiger partial charge in [0, 0.05) is 12.1 Å². The molecule has 0 saturated heterocycles. The summed E-state index contributed by atoms with van der Waals surface area (Å²) in [5, 5.41) is 11.5. The number of carboxylic acid groups (broad SMARTS) is 1. The van der Waals surface area contributed by atoms with Gasteiger partial charge in [0.15, 0.2) is 0 Å². The summed E-state index contributed by atoms with van der Waals surface area (Å²) < 4.78 is 26.3. The van der Waals surface area contributed by atoms with Crippen LogP contribution in [-0.2, 0) is 16.0 Å². The minimum atomic E-state index is -1.02. The molecule has 0 bridgehead atoms. The van der Waals surface area contributed by atoms with E-state index in [0.717, 1.165) is 6.07 Å². The smallest absolute Gasteiger partial charge is 0.305 e. The lowest BCUT2D eigenvalue weighted by molar-refractivity contribution is -0.138. The summed E-state index contributed by atoms with van der Waals surface area (Å²) in [6.45, 7) is 5.41. The average Bonchev–Trinajstić information content (AvgIpc) is 2.30. The molecule has 0 fully saturated rings. The minimum absolute atomic E-state index is 0.0666. The molecule has 1 unspecified atom stereocenters. The molecule has 1 aromatic carbocycles. The Balaban J connectivity index is 2.76. The monoisotopic (exact) mass is 299 g/mol. The van der Waals surface area contributed by atoms with Crippen LogP contribution in [0.5, 0.6) is 0 Å². The van der Waals surface area contributed by atoms with Gasteiger partial charge in [-0.3, -0.25) is 9.59 Å². The molecule has 4 nitrogen and oxygen atoms in total. The number of rotatable bonds is 5. The molecule has 0 aliphatic carbocycles. The minimum Gasteiger partial charge on any atom is -0.481 e. The predicted octanol–water partition coefficient (Wildman–Crippen LogP) is 2.51. The van der Waals surface area contributed by atoms with Crippen molar-refractivity contribution < 1.29 is 23.5 Å². The Labute approximate surface area is 122 Å². The van der Waals surface area contributed by atoms with Gasteiger partial charge in [-0.2, -0.15) is 0 Å². The van der Waals surface area contributed by atoms with E-state index in [1.54, 1.807) is 20.8 Å². The number of halogens is 2. The van der Waals surface area contributed by atoms with E-state index in [2.05, 4.69) is 5.32 Å². The summed E-state index contributed by atoms with van der Waals surface area (Å²) >= 11 is 0. The number of carboxylic acids is 1. The van der Waals surface area contributed by atoms with Crippen LogP contribution in [0.2, 0.25) is 0 Å². The van der Waals surface area contributed by atoms with Crippen LogP contribution in [-0.4, -0.2) is 23.0 Å². The van der Waals surface area contributed by atoms with Crippen LogP contribution >= 0.6 is 0 Å². The van der Waals surface area contributed by atoms with E-state index in [4.69, 9.17) is 5.11 Å². The summed E-state index contributed by atoms with van der Waals surface area (Å²) in [5.41, 5.74) is -0.382. The third-order valence-corrected chi connectivity index (χ3v) is 3.13. The van der Waals surface area contributed by atoms with Gasteiger partial charge in [0.2, 0.25) is 5.91 Å². The maximum Gasteiger partial charge on any atom is 0.305 e. The first kappa shape index (κ1) is 17.1. The van der Waals surface area contributed by atoms with Crippen molar-refractivity contribution in [3.63, 3.8) is 0 Å². The first-order valence-electron chi connectivity index (χ1n) is 6.54. The summed E-state index contributed by atoms with van der Waals surface area (Å²) in [6.07, 6.45) is -0.487. The third kappa shape index (κ3) is 5.49. The number of aliphatic carboxylic acids is 1. The van der Waals surface area contributed by atoms with Crippen molar-refractivity contribution in [3.8, 4) is 0 Å². The van der Waals surface area contributed by atoms with E-state index in [-0.39, 0.29) is 18.4 Å². The fraction of sp³-hybridized carbons (Fsp3) is 0.467. The normalized spacial score (nSPS) is 12.8. The van der Waals surface area contributed by atoms with E-state index in [9.17, 15) is 18.4 Å². The van der Waals surface area contributed by atoms with Gasteiger partial charge in [-0.1, -0.05) is 26.8 Å². The number of carbonyl (C=O) groups excluding carboxylic acids is 1. The molecule has 0 aliphatic heterocycles. The van der Waals surface area contributed by atoms with E-state index < -0.39 is 35.0 Å². The molecule has 0 spiro atoms. The maximum absolute atomic E-state index is 13.5. The van der Waals surface area contributed by atoms with Crippen molar-refractivity contribution in [1.82, 2.24) is 5.32 Å². The summed E-state index contributed by atoms with van der Waals surface area (Å²) in [6, 6.07) is 2.41. The lowest BCUT2D eigenvalue weighted by Crippen LogP contribution is -2.45. The summed E-state index contributed by atoms with van der Waals surface area (Å²) in [7, 11) is 0. The molecule has 1 atom stereocenters. The molecular formula is C15H19F2NO3. The SMILES string of the molecule is CC(C)(C)C(CC(=O)O)NC(=O)Cc1ccc(F)cc1F. The quantitative estimate of drug-likeness (QED) is 0.878. The fourth-order valence-electron chi connectivity index (χ4n) is 1.83. The first-order chi connectivity index (χ1) is 9.59. The standard InChI is InChI=1S/C15H19F2NO3/c1-15(2,3)12(8-14(20)21)18-13(19)6-9-4-5-10(16)7-11(9)17/h4-5,7,12H,6,8H2,1-3H3,(H,18,19)(H,20,21). The molecule has 6 heteroatoms. The molecular weight excluding hydrogens is 280 g/mol. The van der Waals surface area contributed by atoms with Crippen LogP contribution in [0.3, 0.4) is 0 Å². The molecule has 0 saturated carbocycles. The van der Waals surface area contributed by atoms with Gasteiger partial charge in [0.1, 0.15) is 11.6 Å². The number of benzene rings is 1. The lowest BCUT2D eigenvalue weighted by Gasteiger charge is -2.30. The fourth-order valence-corrected chi connectivity index (χ4v) is 1.83. The van der Waals surface area contributed by atoms with E-state index in [1.807, 2.05) is 0 Å². The highest BCUT2D eigenvalue weighted by Crippen LogP contribution is 2.22. The lowest BCUT2D eigenvalue weighted by atomic mass is 9.84. The number of carbonyl (C=O) groups is 2. The maximum atomic E-state index is 13.5. The predicted molar refractivity (Wildman–Crippen MR) is 73.7 cm³/mol. The molecule has 1 amide bonds. The number of hydrogen-bond acceptors (Lipinski definition) is 2. The Hall–Kier alpha value is -1.98. The van der Waals surface area contributed by atoms with Crippen LogP contribution in [0.15, 0.2) is 18.2 Å². The summed E-state index contributed by atoms with van der Waals surface area (Å²) in [5.74, 6) is -3.03. The highest BCUT2D eigenvalue weighted by Gasteiger charge is 2.28. The number of nitrogens with one attached hydrogen (secondary N) is 1. The molecule has 0 aromatic heterocycles. The van der Waals surface area contributed by atoms with Crippen LogP contribution in [0.25, 0.3) is 0 Å². The molecule has 0 radical (unpaired) electrons. The Kier molecular flexibility index (Phi) is 5.41. The Bertz CT molecular complexity index is 538. The van der Waals surface area contributed by atoms with E-state index >= 15 is 0 Å². The molecule has 2 N–H and O–H groups in total. The summed E-state index contributed by atoms with van der Waals surface area (Å²) in [4.78, 5) is 22.8. The first-order valence-corrected chi connectivity index (χ1v) is 6.54. The van der Waals surface area contributed by atoms with E-state index in [0.29, 0.717) is 6.07 Å². The molecule has 1 aromatic rings. The highest BCUT2D eigenvalue weighted by molar-refractivity contribution is 5.79. The van der Waals surface area contributed by atoms with Gasteiger partial charge >= 0.3 is 5.97 Å². The van der Waals surface area contributed by atoms with Crippen LogP contribution < -0.4 is 5.32 Å². The van der Waals surface area contributed by atoms with Crippen molar-refractivity contribution in [1.29, 1.82) is 0 Å². The Morgan fingerprint density at radius 2 is 1.90 bits per heavy atom. The Morgan fingerprint density at radius 3 is 2.38 bits per heavy atom. The molecule has 116 valence electrons. The van der Waals surface area contributed by atoms with Gasteiger partial charge in [0.05, 0.1) is 12.8 Å². The molecule has 0 heterocycles. The second kappa shape index (κ2) is 6.65. The molecule has 1 rings (SSSR count). The van der Waals surface area contributed by atoms with Gasteiger partial charge in [-0.15, -0.1) is 0 Å². The average molecular weight is 299 g/mol. The van der Waals surface area contributed by atoms with E-state index in [1.165, 1.54) is 6.07 Å². The van der Waals surface area contributed by atoms with Gasteiger partial charge in [0.25, 0.3) is 0 Å². The molecule has 21 heavy (non-hydrogen) atoms. The zero-order chi connectivity index (χ0) is 16.2. The van der Waals surface area contributed by atoms with Crippen molar-refractivity contribution >= 4 is 11.9 Å². The Morgan fingerprint density at radius 1 is 1.29 bits per heavy atom. The van der Waals surface area contributed by atoms with Crippen LogP contribution in [0.4, 0.5) is 8.78 Å². The zero-order valence-electron chi connectivity index (χ0n) is 12.2. The zero-order valence-corrected chi connectivity index (χ0v) is 12.2. The van der Waals surface area contributed by atoms with Crippen molar-refractivity contribution in [2.75, 3.05) is 0 Å². The largest absolute Gasteiger partial charge is 0.481 e.